The van der Waals surface area contributed by atoms with E-state index >= 15 is 0 Å². The third-order valence-electron chi connectivity index (χ3n) is 3.92. The molecule has 4 heteroatoms. The van der Waals surface area contributed by atoms with Crippen LogP contribution in [-0.4, -0.2) is 24.0 Å². The van der Waals surface area contributed by atoms with Gasteiger partial charge in [-0.2, -0.15) is 0 Å². The van der Waals surface area contributed by atoms with Gasteiger partial charge >= 0.3 is 0 Å². The molecule has 4 nitrogen and oxygen atoms in total. The van der Waals surface area contributed by atoms with Crippen LogP contribution in [0.25, 0.3) is 0 Å². The van der Waals surface area contributed by atoms with Crippen molar-refractivity contribution in [3.8, 4) is 5.75 Å². The number of nitrogens with zero attached hydrogens (tertiary/aromatic N) is 1. The Bertz CT molecular complexity index is 680. The average molecular weight is 296 g/mol. The van der Waals surface area contributed by atoms with E-state index in [1.54, 1.807) is 19.2 Å². The first-order chi connectivity index (χ1) is 10.7. The van der Waals surface area contributed by atoms with Gasteiger partial charge in [-0.15, -0.1) is 0 Å². The van der Waals surface area contributed by atoms with E-state index in [4.69, 9.17) is 10.5 Å². The molecule has 1 aliphatic rings. The molecule has 3 rings (SSSR count). The van der Waals surface area contributed by atoms with Crippen molar-refractivity contribution in [2.45, 2.75) is 25.4 Å². The lowest BCUT2D eigenvalue weighted by molar-refractivity contribution is 0.0729. The fourth-order valence-electron chi connectivity index (χ4n) is 2.61. The van der Waals surface area contributed by atoms with Crippen LogP contribution in [0.2, 0.25) is 0 Å². The molecule has 2 aromatic carbocycles. The molecule has 2 aromatic rings. The number of carbonyl (C=O) groups excluding carboxylic acids is 1. The Balaban J connectivity index is 1.85. The number of nitrogens with two attached hydrogens (primary N) is 1. The van der Waals surface area contributed by atoms with Crippen LogP contribution in [0.3, 0.4) is 0 Å². The van der Waals surface area contributed by atoms with Gasteiger partial charge in [-0.25, -0.2) is 0 Å². The Labute approximate surface area is 130 Å². The Morgan fingerprint density at radius 3 is 2.68 bits per heavy atom. The number of para-hydroxylation sites is 1. The SMILES string of the molecule is COc1ccccc1CN(C(=O)c1cccc(N)c1)C1CC1. The topological polar surface area (TPSA) is 55.6 Å². The van der Waals surface area contributed by atoms with Crippen molar-refractivity contribution >= 4 is 11.6 Å². The fourth-order valence-corrected chi connectivity index (χ4v) is 2.61. The van der Waals surface area contributed by atoms with Gasteiger partial charge < -0.3 is 15.4 Å². The molecule has 0 spiro atoms. The van der Waals surface area contributed by atoms with Crippen molar-refractivity contribution in [1.29, 1.82) is 0 Å². The molecule has 2 N–H and O–H groups in total. The number of ether oxygens (including phenoxy) is 1. The number of hydrogen-bond acceptors (Lipinski definition) is 3. The van der Waals surface area contributed by atoms with Crippen LogP contribution in [0.5, 0.6) is 5.75 Å². The van der Waals surface area contributed by atoms with Crippen molar-refractivity contribution in [3.63, 3.8) is 0 Å². The number of methoxy groups -OCH3 is 1. The van der Waals surface area contributed by atoms with Crippen LogP contribution >= 0.6 is 0 Å². The molecule has 114 valence electrons. The maximum absolute atomic E-state index is 12.8. The fraction of sp³-hybridized carbons (Fsp3) is 0.278. The van der Waals surface area contributed by atoms with Gasteiger partial charge in [-0.3, -0.25) is 4.79 Å². The predicted octanol–water partition coefficient (Wildman–Crippen LogP) is 3.08. The first-order valence-corrected chi connectivity index (χ1v) is 7.47. The van der Waals surface area contributed by atoms with E-state index in [0.717, 1.165) is 24.2 Å². The summed E-state index contributed by atoms with van der Waals surface area (Å²) in [6.45, 7) is 0.558. The van der Waals surface area contributed by atoms with E-state index in [1.807, 2.05) is 41.3 Å². The van der Waals surface area contributed by atoms with Gasteiger partial charge in [-0.05, 0) is 37.1 Å². The minimum absolute atomic E-state index is 0.0284. The summed E-state index contributed by atoms with van der Waals surface area (Å²) in [5.74, 6) is 0.842. The van der Waals surface area contributed by atoms with Gasteiger partial charge in [0, 0.05) is 29.4 Å². The van der Waals surface area contributed by atoms with Gasteiger partial charge in [-0.1, -0.05) is 24.3 Å². The minimum Gasteiger partial charge on any atom is -0.496 e. The molecule has 0 radical (unpaired) electrons. The van der Waals surface area contributed by atoms with Gasteiger partial charge in [0.1, 0.15) is 5.75 Å². The second-order valence-electron chi connectivity index (χ2n) is 5.60. The third kappa shape index (κ3) is 3.06. The molecule has 0 bridgehead atoms. The van der Waals surface area contributed by atoms with E-state index in [2.05, 4.69) is 0 Å². The normalized spacial score (nSPS) is 13.7. The van der Waals surface area contributed by atoms with Crippen molar-refractivity contribution in [2.75, 3.05) is 12.8 Å². The predicted molar refractivity (Wildman–Crippen MR) is 86.7 cm³/mol. The summed E-state index contributed by atoms with van der Waals surface area (Å²) in [4.78, 5) is 14.7. The molecule has 0 aliphatic heterocycles. The molecule has 0 saturated heterocycles. The highest BCUT2D eigenvalue weighted by Crippen LogP contribution is 2.31. The van der Waals surface area contributed by atoms with E-state index in [-0.39, 0.29) is 5.91 Å². The summed E-state index contributed by atoms with van der Waals surface area (Å²) in [5, 5.41) is 0. The molecule has 1 saturated carbocycles. The molecular weight excluding hydrogens is 276 g/mol. The Hall–Kier alpha value is -2.49. The summed E-state index contributed by atoms with van der Waals surface area (Å²) in [6, 6.07) is 15.3. The summed E-state index contributed by atoms with van der Waals surface area (Å²) >= 11 is 0. The number of benzene rings is 2. The van der Waals surface area contributed by atoms with Crippen molar-refractivity contribution in [2.24, 2.45) is 0 Å². The van der Waals surface area contributed by atoms with Crippen LogP contribution in [0.1, 0.15) is 28.8 Å². The number of rotatable bonds is 5. The van der Waals surface area contributed by atoms with Crippen LogP contribution in [0, 0.1) is 0 Å². The molecular formula is C18H20N2O2. The molecule has 0 unspecified atom stereocenters. The second-order valence-corrected chi connectivity index (χ2v) is 5.60. The van der Waals surface area contributed by atoms with Crippen molar-refractivity contribution in [1.82, 2.24) is 4.90 Å². The molecule has 1 fully saturated rings. The number of nitrogen functional groups attached to an aromatic ring is 1. The zero-order chi connectivity index (χ0) is 15.5. The number of carbonyl (C=O) groups is 1. The monoisotopic (exact) mass is 296 g/mol. The highest BCUT2D eigenvalue weighted by atomic mass is 16.5. The van der Waals surface area contributed by atoms with Crippen molar-refractivity contribution in [3.05, 3.63) is 59.7 Å². The Morgan fingerprint density at radius 2 is 2.00 bits per heavy atom. The van der Waals surface area contributed by atoms with Gasteiger partial charge in [0.25, 0.3) is 5.91 Å². The maximum Gasteiger partial charge on any atom is 0.254 e. The largest absolute Gasteiger partial charge is 0.496 e. The van der Waals surface area contributed by atoms with Crippen LogP contribution in [0.4, 0.5) is 5.69 Å². The lowest BCUT2D eigenvalue weighted by atomic mass is 10.1. The highest BCUT2D eigenvalue weighted by molar-refractivity contribution is 5.95. The molecule has 0 atom stereocenters. The van der Waals surface area contributed by atoms with E-state index < -0.39 is 0 Å². The average Bonchev–Trinajstić information content (AvgIpc) is 3.37. The quantitative estimate of drug-likeness (QED) is 0.863. The summed E-state index contributed by atoms with van der Waals surface area (Å²) in [5.41, 5.74) is 8.07. The maximum atomic E-state index is 12.8. The minimum atomic E-state index is 0.0284. The number of amides is 1. The summed E-state index contributed by atoms with van der Waals surface area (Å²) < 4.78 is 5.39. The summed E-state index contributed by atoms with van der Waals surface area (Å²) in [6.07, 6.45) is 2.12. The number of anilines is 1. The Kier molecular flexibility index (Phi) is 4.00. The standard InChI is InChI=1S/C18H20N2O2/c1-22-17-8-3-2-5-14(17)12-20(16-9-10-16)18(21)13-6-4-7-15(19)11-13/h2-8,11,16H,9-10,12,19H2,1H3. The lowest BCUT2D eigenvalue weighted by Crippen LogP contribution is -2.32. The molecule has 0 heterocycles. The molecule has 1 amide bonds. The zero-order valence-electron chi connectivity index (χ0n) is 12.7. The van der Waals surface area contributed by atoms with Gasteiger partial charge in [0.05, 0.1) is 7.11 Å². The van der Waals surface area contributed by atoms with Crippen LogP contribution in [0.15, 0.2) is 48.5 Å². The summed E-state index contributed by atoms with van der Waals surface area (Å²) in [7, 11) is 1.65. The second kappa shape index (κ2) is 6.10. The van der Waals surface area contributed by atoms with Crippen molar-refractivity contribution < 1.29 is 9.53 Å². The molecule has 0 aromatic heterocycles. The first kappa shape index (κ1) is 14.4. The lowest BCUT2D eigenvalue weighted by Gasteiger charge is -2.23. The Morgan fingerprint density at radius 1 is 1.23 bits per heavy atom. The third-order valence-corrected chi connectivity index (χ3v) is 3.92. The van der Waals surface area contributed by atoms with E-state index in [0.29, 0.717) is 23.8 Å². The van der Waals surface area contributed by atoms with Gasteiger partial charge in [0.15, 0.2) is 0 Å². The molecule has 1 aliphatic carbocycles. The number of hydrogen-bond donors (Lipinski definition) is 1. The van der Waals surface area contributed by atoms with Crippen LogP contribution < -0.4 is 10.5 Å². The van der Waals surface area contributed by atoms with E-state index in [9.17, 15) is 4.79 Å². The highest BCUT2D eigenvalue weighted by Gasteiger charge is 2.33. The molecule has 22 heavy (non-hydrogen) atoms. The zero-order valence-corrected chi connectivity index (χ0v) is 12.7. The van der Waals surface area contributed by atoms with Gasteiger partial charge in [0.2, 0.25) is 0 Å². The van der Waals surface area contributed by atoms with E-state index in [1.165, 1.54) is 0 Å². The van der Waals surface area contributed by atoms with Crippen LogP contribution in [-0.2, 0) is 6.54 Å². The smallest absolute Gasteiger partial charge is 0.254 e. The first-order valence-electron chi connectivity index (χ1n) is 7.47.